The van der Waals surface area contributed by atoms with Crippen LogP contribution < -0.4 is 5.32 Å². The number of nitrogens with zero attached hydrogens (tertiary/aromatic N) is 2. The van der Waals surface area contributed by atoms with Crippen LogP contribution in [-0.4, -0.2) is 53.3 Å². The van der Waals surface area contributed by atoms with Gasteiger partial charge in [-0.25, -0.2) is 4.79 Å². The third kappa shape index (κ3) is 2.65. The van der Waals surface area contributed by atoms with Gasteiger partial charge in [0, 0.05) is 19.1 Å². The first-order valence-electron chi connectivity index (χ1n) is 7.00. The number of imide groups is 1. The van der Waals surface area contributed by atoms with Gasteiger partial charge in [0.1, 0.15) is 0 Å². The Balaban J connectivity index is 1.61. The fourth-order valence-electron chi connectivity index (χ4n) is 2.83. The number of carbonyl (C=O) groups is 3. The summed E-state index contributed by atoms with van der Waals surface area (Å²) in [7, 11) is 0. The maximum Gasteiger partial charge on any atom is 0.324 e. The van der Waals surface area contributed by atoms with E-state index in [0.717, 1.165) is 10.4 Å². The van der Waals surface area contributed by atoms with Gasteiger partial charge in [-0.3, -0.25) is 14.5 Å². The lowest BCUT2D eigenvalue weighted by atomic mass is 10.0. The highest BCUT2D eigenvalue weighted by Gasteiger charge is 2.37. The molecule has 1 aromatic rings. The molecule has 0 radical (unpaired) electrons. The lowest BCUT2D eigenvalue weighted by molar-refractivity contribution is -0.127. The van der Waals surface area contributed by atoms with Crippen molar-refractivity contribution in [2.24, 2.45) is 0 Å². The van der Waals surface area contributed by atoms with Crippen molar-refractivity contribution in [3.05, 3.63) is 21.9 Å². The van der Waals surface area contributed by atoms with Gasteiger partial charge in [0.15, 0.2) is 0 Å². The van der Waals surface area contributed by atoms with Crippen molar-refractivity contribution in [1.82, 2.24) is 15.1 Å². The third-order valence-electron chi connectivity index (χ3n) is 3.94. The molecule has 0 spiro atoms. The maximum atomic E-state index is 12.3. The van der Waals surface area contributed by atoms with E-state index in [1.54, 1.807) is 4.90 Å². The zero-order chi connectivity index (χ0) is 15.0. The molecule has 0 unspecified atom stereocenters. The molecule has 4 amide bonds. The van der Waals surface area contributed by atoms with Crippen molar-refractivity contribution in [1.29, 1.82) is 0 Å². The van der Waals surface area contributed by atoms with Crippen molar-refractivity contribution in [3.63, 3.8) is 0 Å². The molecule has 1 aromatic heterocycles. The number of thiophene rings is 1. The van der Waals surface area contributed by atoms with Crippen molar-refractivity contribution in [3.8, 4) is 0 Å². The summed E-state index contributed by atoms with van der Waals surface area (Å²) in [5.41, 5.74) is 1.09. The van der Waals surface area contributed by atoms with Crippen LogP contribution in [-0.2, 0) is 4.79 Å². The molecule has 2 fully saturated rings. The third-order valence-corrected chi connectivity index (χ3v) is 4.97. The second kappa shape index (κ2) is 5.48. The van der Waals surface area contributed by atoms with Gasteiger partial charge in [0.05, 0.1) is 11.4 Å². The molecule has 1 N–H and O–H groups in total. The molecular weight excluding hydrogens is 290 g/mol. The first-order chi connectivity index (χ1) is 10.1. The van der Waals surface area contributed by atoms with Crippen LogP contribution >= 0.6 is 11.3 Å². The average Bonchev–Trinajstić information content (AvgIpc) is 3.05. The number of rotatable bonds is 2. The van der Waals surface area contributed by atoms with E-state index in [2.05, 4.69) is 5.32 Å². The highest BCUT2D eigenvalue weighted by Crippen LogP contribution is 2.22. The SMILES string of the molecule is Cc1csc(C(=O)N2CCC(N3C(=O)CNC3=O)CC2)c1. The number of hydrogen-bond donors (Lipinski definition) is 1. The van der Waals surface area contributed by atoms with E-state index in [9.17, 15) is 14.4 Å². The van der Waals surface area contributed by atoms with Crippen LogP contribution in [0.2, 0.25) is 0 Å². The standard InChI is InChI=1S/C14H17N3O3S/c1-9-6-11(21-8-9)13(19)16-4-2-10(3-5-16)17-12(18)7-15-14(17)20/h6,8,10H,2-5,7H2,1H3,(H,15,20). The first-order valence-corrected chi connectivity index (χ1v) is 7.88. The van der Waals surface area contributed by atoms with E-state index in [4.69, 9.17) is 0 Å². The monoisotopic (exact) mass is 307 g/mol. The molecule has 0 aromatic carbocycles. The Bertz CT molecular complexity index is 574. The number of carbonyl (C=O) groups excluding carboxylic acids is 3. The van der Waals surface area contributed by atoms with Crippen LogP contribution in [0.25, 0.3) is 0 Å². The number of nitrogens with one attached hydrogen (secondary N) is 1. The number of amides is 4. The van der Waals surface area contributed by atoms with Gasteiger partial charge in [-0.1, -0.05) is 0 Å². The van der Waals surface area contributed by atoms with Crippen LogP contribution in [0, 0.1) is 6.92 Å². The van der Waals surface area contributed by atoms with Gasteiger partial charge >= 0.3 is 6.03 Å². The van der Waals surface area contributed by atoms with Gasteiger partial charge in [-0.2, -0.15) is 0 Å². The number of hydrogen-bond acceptors (Lipinski definition) is 4. The molecule has 0 atom stereocenters. The number of urea groups is 1. The largest absolute Gasteiger partial charge is 0.338 e. The van der Waals surface area contributed by atoms with E-state index < -0.39 is 0 Å². The van der Waals surface area contributed by atoms with Gasteiger partial charge in [-0.15, -0.1) is 11.3 Å². The highest BCUT2D eigenvalue weighted by molar-refractivity contribution is 7.12. The van der Waals surface area contributed by atoms with Crippen LogP contribution in [0.3, 0.4) is 0 Å². The van der Waals surface area contributed by atoms with Crippen LogP contribution in [0.4, 0.5) is 4.79 Å². The molecule has 0 saturated carbocycles. The minimum Gasteiger partial charge on any atom is -0.338 e. The Hall–Kier alpha value is -1.89. The zero-order valence-electron chi connectivity index (χ0n) is 11.8. The van der Waals surface area contributed by atoms with Crippen molar-refractivity contribution in [2.45, 2.75) is 25.8 Å². The fraction of sp³-hybridized carbons (Fsp3) is 0.500. The summed E-state index contributed by atoms with van der Waals surface area (Å²) in [6.07, 6.45) is 1.30. The van der Waals surface area contributed by atoms with Crippen LogP contribution in [0.5, 0.6) is 0 Å². The maximum absolute atomic E-state index is 12.3. The molecule has 0 bridgehead atoms. The molecule has 112 valence electrons. The summed E-state index contributed by atoms with van der Waals surface area (Å²) in [6.45, 7) is 3.22. The Morgan fingerprint density at radius 2 is 2.05 bits per heavy atom. The minimum atomic E-state index is -0.307. The molecule has 3 heterocycles. The lowest BCUT2D eigenvalue weighted by Gasteiger charge is -2.35. The molecule has 2 aliphatic rings. The summed E-state index contributed by atoms with van der Waals surface area (Å²) in [6, 6.07) is 1.50. The molecule has 2 aliphatic heterocycles. The van der Waals surface area contributed by atoms with E-state index in [1.165, 1.54) is 16.2 Å². The smallest absolute Gasteiger partial charge is 0.324 e. The van der Waals surface area contributed by atoms with Crippen LogP contribution in [0.15, 0.2) is 11.4 Å². The van der Waals surface area contributed by atoms with E-state index in [0.29, 0.717) is 25.9 Å². The minimum absolute atomic E-state index is 0.0451. The summed E-state index contributed by atoms with van der Waals surface area (Å²) >= 11 is 1.46. The van der Waals surface area contributed by atoms with Crippen molar-refractivity contribution < 1.29 is 14.4 Å². The number of aryl methyl sites for hydroxylation is 1. The van der Waals surface area contributed by atoms with Crippen molar-refractivity contribution >= 4 is 29.2 Å². The summed E-state index contributed by atoms with van der Waals surface area (Å²) in [5, 5.41) is 4.50. The summed E-state index contributed by atoms with van der Waals surface area (Å²) in [4.78, 5) is 39.5. The Morgan fingerprint density at radius 3 is 2.57 bits per heavy atom. The van der Waals surface area contributed by atoms with Gasteiger partial charge in [0.2, 0.25) is 5.91 Å². The normalized spacial score (nSPS) is 20.0. The molecule has 21 heavy (non-hydrogen) atoms. The lowest BCUT2D eigenvalue weighted by Crippen LogP contribution is -2.48. The molecule has 2 saturated heterocycles. The number of likely N-dealkylation sites (tertiary alicyclic amines) is 1. The van der Waals surface area contributed by atoms with Gasteiger partial charge in [-0.05, 0) is 36.8 Å². The molecule has 3 rings (SSSR count). The summed E-state index contributed by atoms with van der Waals surface area (Å²) < 4.78 is 0. The molecule has 0 aliphatic carbocycles. The average molecular weight is 307 g/mol. The van der Waals surface area contributed by atoms with Crippen LogP contribution in [0.1, 0.15) is 28.1 Å². The second-order valence-electron chi connectivity index (χ2n) is 5.43. The first kappa shape index (κ1) is 14.1. The predicted octanol–water partition coefficient (Wildman–Crippen LogP) is 1.21. The van der Waals surface area contributed by atoms with E-state index in [1.807, 2.05) is 18.4 Å². The highest BCUT2D eigenvalue weighted by atomic mass is 32.1. The topological polar surface area (TPSA) is 69.7 Å². The Morgan fingerprint density at radius 1 is 1.33 bits per heavy atom. The summed E-state index contributed by atoms with van der Waals surface area (Å²) in [5.74, 6) is -0.123. The Labute approximate surface area is 126 Å². The molecule has 6 nitrogen and oxygen atoms in total. The molecular formula is C14H17N3O3S. The quantitative estimate of drug-likeness (QED) is 0.835. The van der Waals surface area contributed by atoms with E-state index in [-0.39, 0.29) is 30.4 Å². The molecule has 7 heteroatoms. The number of piperidine rings is 1. The van der Waals surface area contributed by atoms with E-state index >= 15 is 0 Å². The zero-order valence-corrected chi connectivity index (χ0v) is 12.6. The van der Waals surface area contributed by atoms with Crippen molar-refractivity contribution in [2.75, 3.05) is 19.6 Å². The fourth-order valence-corrected chi connectivity index (χ4v) is 3.70. The van der Waals surface area contributed by atoms with Gasteiger partial charge in [0.25, 0.3) is 5.91 Å². The Kier molecular flexibility index (Phi) is 3.67. The second-order valence-corrected chi connectivity index (χ2v) is 6.35. The van der Waals surface area contributed by atoms with Gasteiger partial charge < -0.3 is 10.2 Å². The predicted molar refractivity (Wildman–Crippen MR) is 78.2 cm³/mol.